The molecule has 0 saturated heterocycles. The number of hydrogen-bond acceptors (Lipinski definition) is 3. The highest BCUT2D eigenvalue weighted by atomic mass is 35.5. The minimum Gasteiger partial charge on any atom is -0.477 e. The smallest absolute Gasteiger partial charge is 0.354 e. The monoisotopic (exact) mass is 390 g/mol. The van der Waals surface area contributed by atoms with Gasteiger partial charge >= 0.3 is 5.97 Å². The summed E-state index contributed by atoms with van der Waals surface area (Å²) in [6.45, 7) is 0. The molecule has 6 heteroatoms. The van der Waals surface area contributed by atoms with Crippen molar-refractivity contribution in [2.45, 2.75) is 0 Å². The molecule has 0 aliphatic heterocycles. The minimum atomic E-state index is -1.04. The van der Waals surface area contributed by atoms with Gasteiger partial charge in [-0.1, -0.05) is 29.8 Å². The first-order chi connectivity index (χ1) is 13.6. The van der Waals surface area contributed by atoms with Gasteiger partial charge in [0.1, 0.15) is 11.5 Å². The molecule has 1 N–H and O–H groups in total. The number of para-hydroxylation sites is 1. The number of benzene rings is 3. The van der Waals surface area contributed by atoms with E-state index in [0.717, 1.165) is 5.56 Å². The summed E-state index contributed by atoms with van der Waals surface area (Å²) in [5.74, 6) is 0.302. The maximum absolute atomic E-state index is 11.6. The van der Waals surface area contributed by atoms with E-state index in [2.05, 4.69) is 5.10 Å². The highest BCUT2D eigenvalue weighted by Crippen LogP contribution is 2.27. The molecule has 0 fully saturated rings. The van der Waals surface area contributed by atoms with Gasteiger partial charge in [0.05, 0.1) is 11.4 Å². The van der Waals surface area contributed by atoms with Crippen molar-refractivity contribution in [2.24, 2.45) is 0 Å². The van der Waals surface area contributed by atoms with Crippen LogP contribution < -0.4 is 4.74 Å². The molecule has 4 rings (SSSR count). The highest BCUT2D eigenvalue weighted by Gasteiger charge is 2.16. The molecular weight excluding hydrogens is 376 g/mol. The van der Waals surface area contributed by atoms with Gasteiger partial charge in [-0.15, -0.1) is 0 Å². The van der Waals surface area contributed by atoms with Crippen molar-refractivity contribution in [2.75, 3.05) is 0 Å². The normalized spacial score (nSPS) is 10.6. The summed E-state index contributed by atoms with van der Waals surface area (Å²) in [5.41, 5.74) is 2.15. The Morgan fingerprint density at radius 1 is 0.893 bits per heavy atom. The Labute approximate surface area is 166 Å². The molecule has 0 radical (unpaired) electrons. The molecule has 28 heavy (non-hydrogen) atoms. The molecule has 0 spiro atoms. The van der Waals surface area contributed by atoms with E-state index in [1.54, 1.807) is 30.3 Å². The number of aromatic carboxylic acids is 1. The van der Waals surface area contributed by atoms with Crippen molar-refractivity contribution < 1.29 is 14.6 Å². The lowest BCUT2D eigenvalue weighted by atomic mass is 10.1. The Morgan fingerprint density at radius 3 is 2.11 bits per heavy atom. The zero-order valence-electron chi connectivity index (χ0n) is 14.6. The second kappa shape index (κ2) is 7.58. The number of carboxylic acids is 1. The van der Waals surface area contributed by atoms with Gasteiger partial charge in [0, 0.05) is 10.6 Å². The minimum absolute atomic E-state index is 0.0997. The molecule has 0 atom stereocenters. The number of carboxylic acid groups (broad SMARTS) is 1. The summed E-state index contributed by atoms with van der Waals surface area (Å²) in [4.78, 5) is 11.6. The van der Waals surface area contributed by atoms with Gasteiger partial charge in [-0.3, -0.25) is 0 Å². The molecule has 0 amide bonds. The van der Waals surface area contributed by atoms with Gasteiger partial charge in [-0.05, 0) is 66.7 Å². The van der Waals surface area contributed by atoms with Crippen LogP contribution in [0.2, 0.25) is 5.02 Å². The number of halogens is 1. The molecule has 0 aliphatic rings. The van der Waals surface area contributed by atoms with Crippen LogP contribution in [0.3, 0.4) is 0 Å². The lowest BCUT2D eigenvalue weighted by molar-refractivity contribution is 0.0687. The molecular formula is C22H15ClN2O3. The van der Waals surface area contributed by atoms with Crippen LogP contribution in [0.25, 0.3) is 16.9 Å². The molecule has 3 aromatic carbocycles. The number of nitrogens with zero attached hydrogens (tertiary/aromatic N) is 2. The predicted octanol–water partition coefficient (Wildman–Crippen LogP) is 5.68. The number of aromatic nitrogens is 2. The van der Waals surface area contributed by atoms with E-state index in [4.69, 9.17) is 16.3 Å². The van der Waals surface area contributed by atoms with Crippen LogP contribution in [-0.4, -0.2) is 20.9 Å². The predicted molar refractivity (Wildman–Crippen MR) is 107 cm³/mol. The lowest BCUT2D eigenvalue weighted by Crippen LogP contribution is -2.07. The van der Waals surface area contributed by atoms with Crippen molar-refractivity contribution in [3.63, 3.8) is 0 Å². The number of hydrogen-bond donors (Lipinski definition) is 1. The quantitative estimate of drug-likeness (QED) is 0.476. The second-order valence-electron chi connectivity index (χ2n) is 6.05. The van der Waals surface area contributed by atoms with Crippen molar-refractivity contribution in [3.05, 3.63) is 95.6 Å². The van der Waals surface area contributed by atoms with Crippen LogP contribution in [0.5, 0.6) is 11.5 Å². The first-order valence-electron chi connectivity index (χ1n) is 8.53. The molecule has 0 aliphatic carbocycles. The topological polar surface area (TPSA) is 64.3 Å². The van der Waals surface area contributed by atoms with Crippen LogP contribution in [0, 0.1) is 0 Å². The van der Waals surface area contributed by atoms with Crippen molar-refractivity contribution in [3.8, 4) is 28.4 Å². The summed E-state index contributed by atoms with van der Waals surface area (Å²) in [7, 11) is 0. The fraction of sp³-hybridized carbons (Fsp3) is 0. The summed E-state index contributed by atoms with van der Waals surface area (Å²) < 4.78 is 7.21. The SMILES string of the molecule is O=C(O)c1cc(-c2ccc(Oc3ccc(Cl)cc3)cc2)nn1-c1ccccc1. The molecule has 138 valence electrons. The van der Waals surface area contributed by atoms with Crippen molar-refractivity contribution >= 4 is 17.6 Å². The van der Waals surface area contributed by atoms with Gasteiger partial charge in [0.15, 0.2) is 5.69 Å². The van der Waals surface area contributed by atoms with E-state index >= 15 is 0 Å². The number of ether oxygens (including phenoxy) is 1. The molecule has 0 bridgehead atoms. The maximum Gasteiger partial charge on any atom is 0.354 e. The standard InChI is InChI=1S/C22H15ClN2O3/c23-16-8-12-19(13-9-16)28-18-10-6-15(7-11-18)20-14-21(22(26)27)25(24-20)17-4-2-1-3-5-17/h1-14H,(H,26,27). The van der Waals surface area contributed by atoms with E-state index in [0.29, 0.717) is 27.9 Å². The van der Waals surface area contributed by atoms with E-state index < -0.39 is 5.97 Å². The van der Waals surface area contributed by atoms with E-state index in [-0.39, 0.29) is 5.69 Å². The molecule has 1 aromatic heterocycles. The van der Waals surface area contributed by atoms with Gasteiger partial charge in [0.2, 0.25) is 0 Å². The molecule has 0 saturated carbocycles. The summed E-state index contributed by atoms with van der Waals surface area (Å²) in [6.07, 6.45) is 0. The Bertz CT molecular complexity index is 1100. The summed E-state index contributed by atoms with van der Waals surface area (Å²) in [6, 6.07) is 25.1. The molecule has 1 heterocycles. The van der Waals surface area contributed by atoms with Gasteiger partial charge < -0.3 is 9.84 Å². The summed E-state index contributed by atoms with van der Waals surface area (Å²) >= 11 is 5.88. The van der Waals surface area contributed by atoms with Crippen LogP contribution in [0.1, 0.15) is 10.5 Å². The average molecular weight is 391 g/mol. The van der Waals surface area contributed by atoms with E-state index in [1.165, 1.54) is 4.68 Å². The number of rotatable bonds is 5. The Hall–Kier alpha value is -3.57. The van der Waals surface area contributed by atoms with Crippen molar-refractivity contribution in [1.29, 1.82) is 0 Å². The lowest BCUT2D eigenvalue weighted by Gasteiger charge is -2.06. The van der Waals surface area contributed by atoms with Crippen LogP contribution in [-0.2, 0) is 0 Å². The number of carbonyl (C=O) groups is 1. The highest BCUT2D eigenvalue weighted by molar-refractivity contribution is 6.30. The molecule has 5 nitrogen and oxygen atoms in total. The largest absolute Gasteiger partial charge is 0.477 e. The van der Waals surface area contributed by atoms with Crippen LogP contribution in [0.4, 0.5) is 0 Å². The Morgan fingerprint density at radius 2 is 1.50 bits per heavy atom. The third-order valence-corrected chi connectivity index (χ3v) is 4.38. The molecule has 0 unspecified atom stereocenters. The maximum atomic E-state index is 11.6. The zero-order chi connectivity index (χ0) is 19.5. The van der Waals surface area contributed by atoms with Crippen molar-refractivity contribution in [1.82, 2.24) is 9.78 Å². The summed E-state index contributed by atoms with van der Waals surface area (Å²) in [5, 5.41) is 14.6. The third kappa shape index (κ3) is 3.75. The first kappa shape index (κ1) is 17.8. The van der Waals surface area contributed by atoms with Gasteiger partial charge in [0.25, 0.3) is 0 Å². The third-order valence-electron chi connectivity index (χ3n) is 4.13. The molecule has 4 aromatic rings. The Kier molecular flexibility index (Phi) is 4.83. The fourth-order valence-corrected chi connectivity index (χ4v) is 2.90. The van der Waals surface area contributed by atoms with E-state index in [1.807, 2.05) is 54.6 Å². The average Bonchev–Trinajstić information content (AvgIpc) is 3.17. The zero-order valence-corrected chi connectivity index (χ0v) is 15.4. The van der Waals surface area contributed by atoms with Gasteiger partial charge in [-0.2, -0.15) is 5.10 Å². The van der Waals surface area contributed by atoms with Crippen LogP contribution in [0.15, 0.2) is 84.9 Å². The van der Waals surface area contributed by atoms with Gasteiger partial charge in [-0.25, -0.2) is 9.48 Å². The van der Waals surface area contributed by atoms with Crippen LogP contribution >= 0.6 is 11.6 Å². The second-order valence-corrected chi connectivity index (χ2v) is 6.48. The Balaban J connectivity index is 1.62. The van der Waals surface area contributed by atoms with E-state index in [9.17, 15) is 9.90 Å². The fourth-order valence-electron chi connectivity index (χ4n) is 2.77. The first-order valence-corrected chi connectivity index (χ1v) is 8.90.